The second-order valence-corrected chi connectivity index (χ2v) is 4.69. The Bertz CT molecular complexity index is 221. The van der Waals surface area contributed by atoms with Crippen molar-refractivity contribution in [3.8, 4) is 0 Å². The summed E-state index contributed by atoms with van der Waals surface area (Å²) in [4.78, 5) is 15.6. The van der Waals surface area contributed by atoms with Crippen LogP contribution in [0, 0.1) is 0 Å². The first kappa shape index (κ1) is 12.5. The van der Waals surface area contributed by atoms with Crippen molar-refractivity contribution in [2.75, 3.05) is 32.8 Å². The number of carbonyl (C=O) groups excluding carboxylic acids is 1. The third kappa shape index (κ3) is 2.92. The Balaban J connectivity index is 2.46. The monoisotopic (exact) mass is 214 g/mol. The number of nitrogens with zero attached hydrogens (tertiary/aromatic N) is 2. The van der Waals surface area contributed by atoms with Crippen molar-refractivity contribution in [2.45, 2.75) is 32.7 Å². The van der Waals surface area contributed by atoms with Crippen LogP contribution in [0.4, 0.5) is 0 Å². The summed E-state index contributed by atoms with van der Waals surface area (Å²) in [6, 6.07) is 0. The lowest BCUT2D eigenvalue weighted by molar-refractivity contribution is -0.133. The zero-order valence-corrected chi connectivity index (χ0v) is 9.99. The molecule has 0 unspecified atom stereocenters. The van der Waals surface area contributed by atoms with Crippen LogP contribution in [-0.4, -0.2) is 59.1 Å². The van der Waals surface area contributed by atoms with Gasteiger partial charge in [0.2, 0.25) is 5.91 Å². The van der Waals surface area contributed by atoms with Crippen molar-refractivity contribution >= 4 is 5.91 Å². The van der Waals surface area contributed by atoms with Gasteiger partial charge in [0.15, 0.2) is 0 Å². The predicted molar refractivity (Wildman–Crippen MR) is 59.6 cm³/mol. The predicted octanol–water partition coefficient (Wildman–Crippen LogP) is 0.311. The zero-order valence-electron chi connectivity index (χ0n) is 9.99. The Kier molecular flexibility index (Phi) is 4.11. The Hall–Kier alpha value is -0.610. The molecule has 0 aliphatic carbocycles. The van der Waals surface area contributed by atoms with Crippen LogP contribution in [0.5, 0.6) is 0 Å². The maximum atomic E-state index is 11.5. The summed E-state index contributed by atoms with van der Waals surface area (Å²) in [5.74, 6) is 0.233. The van der Waals surface area contributed by atoms with E-state index in [4.69, 9.17) is 0 Å². The fourth-order valence-electron chi connectivity index (χ4n) is 1.88. The van der Waals surface area contributed by atoms with Crippen LogP contribution in [0.1, 0.15) is 27.2 Å². The van der Waals surface area contributed by atoms with Gasteiger partial charge in [0.25, 0.3) is 0 Å². The fraction of sp³-hybridized carbons (Fsp3) is 0.909. The molecule has 0 atom stereocenters. The molecule has 0 saturated carbocycles. The highest BCUT2D eigenvalue weighted by Crippen LogP contribution is 2.16. The van der Waals surface area contributed by atoms with Gasteiger partial charge < -0.3 is 10.0 Å². The van der Waals surface area contributed by atoms with Crippen LogP contribution in [0.3, 0.4) is 0 Å². The van der Waals surface area contributed by atoms with Gasteiger partial charge >= 0.3 is 0 Å². The molecule has 1 heterocycles. The largest absolute Gasteiger partial charge is 0.394 e. The van der Waals surface area contributed by atoms with Crippen molar-refractivity contribution in [3.05, 3.63) is 0 Å². The smallest absolute Gasteiger partial charge is 0.222 e. The molecule has 0 bridgehead atoms. The molecule has 1 N–H and O–H groups in total. The average molecular weight is 214 g/mol. The molecule has 1 fully saturated rings. The second kappa shape index (κ2) is 4.94. The van der Waals surface area contributed by atoms with Gasteiger partial charge in [-0.3, -0.25) is 9.69 Å². The number of hydrogen-bond acceptors (Lipinski definition) is 3. The van der Waals surface area contributed by atoms with Crippen molar-refractivity contribution in [3.63, 3.8) is 0 Å². The number of carbonyl (C=O) groups is 1. The zero-order chi connectivity index (χ0) is 11.5. The van der Waals surface area contributed by atoms with Crippen LogP contribution >= 0.6 is 0 Å². The van der Waals surface area contributed by atoms with Gasteiger partial charge in [-0.1, -0.05) is 6.92 Å². The lowest BCUT2D eigenvalue weighted by Gasteiger charge is -2.43. The van der Waals surface area contributed by atoms with Crippen LogP contribution in [0.15, 0.2) is 0 Å². The SMILES string of the molecule is CCC(=O)N1CCN(C(C)(C)CO)CC1. The highest BCUT2D eigenvalue weighted by Gasteiger charge is 2.30. The Morgan fingerprint density at radius 2 is 1.80 bits per heavy atom. The van der Waals surface area contributed by atoms with E-state index in [1.54, 1.807) is 0 Å². The van der Waals surface area contributed by atoms with E-state index in [0.717, 1.165) is 26.2 Å². The standard InChI is InChI=1S/C11H22N2O2/c1-4-10(15)12-5-7-13(8-6-12)11(2,3)9-14/h14H,4-9H2,1-3H3. The highest BCUT2D eigenvalue weighted by molar-refractivity contribution is 5.75. The highest BCUT2D eigenvalue weighted by atomic mass is 16.3. The lowest BCUT2D eigenvalue weighted by atomic mass is 10.0. The van der Waals surface area contributed by atoms with Crippen molar-refractivity contribution in [1.29, 1.82) is 0 Å². The molecule has 1 amide bonds. The lowest BCUT2D eigenvalue weighted by Crippen LogP contribution is -2.57. The van der Waals surface area contributed by atoms with Gasteiger partial charge in [0.05, 0.1) is 6.61 Å². The van der Waals surface area contributed by atoms with E-state index in [1.807, 2.05) is 25.7 Å². The normalized spacial score (nSPS) is 19.3. The topological polar surface area (TPSA) is 43.8 Å². The summed E-state index contributed by atoms with van der Waals surface area (Å²) >= 11 is 0. The number of aliphatic hydroxyl groups excluding tert-OH is 1. The van der Waals surface area contributed by atoms with E-state index in [9.17, 15) is 9.90 Å². The summed E-state index contributed by atoms with van der Waals surface area (Å²) < 4.78 is 0. The first-order chi connectivity index (χ1) is 7.01. The van der Waals surface area contributed by atoms with Crippen molar-refractivity contribution in [1.82, 2.24) is 9.80 Å². The van der Waals surface area contributed by atoms with Crippen LogP contribution in [-0.2, 0) is 4.79 Å². The summed E-state index contributed by atoms with van der Waals surface area (Å²) in [6.45, 7) is 9.42. The van der Waals surface area contributed by atoms with Gasteiger partial charge in [-0.25, -0.2) is 0 Å². The maximum Gasteiger partial charge on any atom is 0.222 e. The molecule has 0 aromatic carbocycles. The number of amides is 1. The third-order valence-corrected chi connectivity index (χ3v) is 3.18. The molecule has 1 rings (SSSR count). The first-order valence-corrected chi connectivity index (χ1v) is 5.65. The van der Waals surface area contributed by atoms with Gasteiger partial charge in [-0.05, 0) is 13.8 Å². The Morgan fingerprint density at radius 3 is 2.20 bits per heavy atom. The van der Waals surface area contributed by atoms with E-state index in [0.29, 0.717) is 6.42 Å². The molecule has 15 heavy (non-hydrogen) atoms. The van der Waals surface area contributed by atoms with Crippen molar-refractivity contribution < 1.29 is 9.90 Å². The molecule has 1 aliphatic heterocycles. The molecule has 1 aliphatic rings. The van der Waals surface area contributed by atoms with Gasteiger partial charge in [-0.15, -0.1) is 0 Å². The van der Waals surface area contributed by atoms with E-state index < -0.39 is 0 Å². The Labute approximate surface area is 91.9 Å². The summed E-state index contributed by atoms with van der Waals surface area (Å²) in [7, 11) is 0. The number of rotatable bonds is 3. The maximum absolute atomic E-state index is 11.5. The van der Waals surface area contributed by atoms with E-state index in [2.05, 4.69) is 4.90 Å². The van der Waals surface area contributed by atoms with E-state index in [1.165, 1.54) is 0 Å². The molecule has 0 aromatic rings. The molecule has 4 heteroatoms. The molecular weight excluding hydrogens is 192 g/mol. The fourth-order valence-corrected chi connectivity index (χ4v) is 1.88. The van der Waals surface area contributed by atoms with Crippen molar-refractivity contribution in [2.24, 2.45) is 0 Å². The Morgan fingerprint density at radius 1 is 1.27 bits per heavy atom. The van der Waals surface area contributed by atoms with E-state index in [-0.39, 0.29) is 18.1 Å². The van der Waals surface area contributed by atoms with Gasteiger partial charge in [-0.2, -0.15) is 0 Å². The molecule has 0 aromatic heterocycles. The minimum absolute atomic E-state index is 0.161. The number of hydrogen-bond donors (Lipinski definition) is 1. The number of aliphatic hydroxyl groups is 1. The average Bonchev–Trinajstić information content (AvgIpc) is 2.28. The summed E-state index contributed by atoms with van der Waals surface area (Å²) in [5.41, 5.74) is -0.165. The molecule has 88 valence electrons. The quantitative estimate of drug-likeness (QED) is 0.735. The third-order valence-electron chi connectivity index (χ3n) is 3.18. The van der Waals surface area contributed by atoms with Gasteiger partial charge in [0, 0.05) is 38.1 Å². The number of piperazine rings is 1. The van der Waals surface area contributed by atoms with Crippen LogP contribution in [0.25, 0.3) is 0 Å². The minimum atomic E-state index is -0.165. The molecular formula is C11H22N2O2. The molecule has 0 radical (unpaired) electrons. The summed E-state index contributed by atoms with van der Waals surface area (Å²) in [6.07, 6.45) is 0.587. The summed E-state index contributed by atoms with van der Waals surface area (Å²) in [5, 5.41) is 9.25. The van der Waals surface area contributed by atoms with Crippen LogP contribution in [0.2, 0.25) is 0 Å². The van der Waals surface area contributed by atoms with E-state index >= 15 is 0 Å². The molecule has 1 saturated heterocycles. The minimum Gasteiger partial charge on any atom is -0.394 e. The second-order valence-electron chi connectivity index (χ2n) is 4.69. The molecule has 4 nitrogen and oxygen atoms in total. The molecule has 0 spiro atoms. The first-order valence-electron chi connectivity index (χ1n) is 5.65. The van der Waals surface area contributed by atoms with Gasteiger partial charge in [0.1, 0.15) is 0 Å². The van der Waals surface area contributed by atoms with Crippen LogP contribution < -0.4 is 0 Å².